The molecule has 16 aromatic rings. The molecule has 0 N–H and O–H groups in total. The Labute approximate surface area is 674 Å². The van der Waals surface area contributed by atoms with Crippen LogP contribution in [0.4, 0.5) is 102 Å². The fourth-order valence-corrected chi connectivity index (χ4v) is 15.2. The van der Waals surface area contributed by atoms with Crippen LogP contribution in [0.5, 0.6) is 0 Å². The molecule has 16 rings (SSSR count). The number of hydrogen-bond acceptors (Lipinski definition) is 6. The van der Waals surface area contributed by atoms with E-state index in [9.17, 15) is 0 Å². The van der Waals surface area contributed by atoms with Crippen molar-refractivity contribution in [2.24, 2.45) is 0 Å². The Hall–Kier alpha value is -13.7. The van der Waals surface area contributed by atoms with Gasteiger partial charge in [-0.25, -0.2) is 0 Å². The summed E-state index contributed by atoms with van der Waals surface area (Å²) in [7, 11) is 0. The predicted molar refractivity (Wildman–Crippen MR) is 488 cm³/mol. The molecule has 114 heavy (non-hydrogen) atoms. The first-order valence-electron chi connectivity index (χ1n) is 39.6. The summed E-state index contributed by atoms with van der Waals surface area (Å²) in [5.74, 6) is 0. The van der Waals surface area contributed by atoms with Gasteiger partial charge in [-0.15, -0.1) is 0 Å². The normalized spacial score (nSPS) is 11.2. The van der Waals surface area contributed by atoms with Crippen LogP contribution < -0.4 is 29.4 Å². The maximum Gasteiger partial charge on any atom is 0.0488 e. The van der Waals surface area contributed by atoms with Gasteiger partial charge in [-0.2, -0.15) is 0 Å². The highest BCUT2D eigenvalue weighted by Gasteiger charge is 2.26. The first-order valence-corrected chi connectivity index (χ1v) is 39.6. The van der Waals surface area contributed by atoms with E-state index in [0.717, 1.165) is 136 Å². The van der Waals surface area contributed by atoms with Crippen molar-refractivity contribution in [2.75, 3.05) is 29.4 Å². The summed E-state index contributed by atoms with van der Waals surface area (Å²) in [6, 6.07) is 137. The number of anilines is 18. The van der Waals surface area contributed by atoms with Gasteiger partial charge in [-0.05, 0) is 335 Å². The fraction of sp³-hybridized carbons (Fsp3) is 0.111. The molecule has 0 bridgehead atoms. The van der Waals surface area contributed by atoms with Gasteiger partial charge in [0.1, 0.15) is 0 Å². The summed E-state index contributed by atoms with van der Waals surface area (Å²) < 4.78 is 0. The first kappa shape index (κ1) is 74.4. The third-order valence-electron chi connectivity index (χ3n) is 21.7. The number of nitrogens with zero attached hydrogens (tertiary/aromatic N) is 6. The van der Waals surface area contributed by atoms with Crippen molar-refractivity contribution < 1.29 is 0 Å². The molecule has 0 saturated heterocycles. The Morgan fingerprint density at radius 2 is 0.184 bits per heavy atom. The zero-order valence-electron chi connectivity index (χ0n) is 67.3. The zero-order chi connectivity index (χ0) is 78.7. The smallest absolute Gasteiger partial charge is 0.0488 e. The topological polar surface area (TPSA) is 19.4 Å². The van der Waals surface area contributed by atoms with Gasteiger partial charge in [0.05, 0.1) is 0 Å². The van der Waals surface area contributed by atoms with E-state index in [1.807, 2.05) is 0 Å². The van der Waals surface area contributed by atoms with Crippen LogP contribution in [0.15, 0.2) is 364 Å². The lowest BCUT2D eigenvalue weighted by molar-refractivity contribution is 1.24. The van der Waals surface area contributed by atoms with Gasteiger partial charge in [-0.3, -0.25) is 0 Å². The van der Waals surface area contributed by atoms with Crippen molar-refractivity contribution in [2.45, 2.75) is 83.1 Å². The van der Waals surface area contributed by atoms with Crippen LogP contribution in [0.1, 0.15) is 66.8 Å². The van der Waals surface area contributed by atoms with Crippen LogP contribution in [0.3, 0.4) is 0 Å². The molecule has 16 aromatic carbocycles. The van der Waals surface area contributed by atoms with E-state index in [4.69, 9.17) is 0 Å². The lowest BCUT2D eigenvalue weighted by atomic mass is 9.91. The van der Waals surface area contributed by atoms with E-state index in [1.165, 1.54) is 66.8 Å². The molecule has 0 unspecified atom stereocenters. The predicted octanol–water partition coefficient (Wildman–Crippen LogP) is 31.2. The number of aryl methyl sites for hydroxylation is 12. The Morgan fingerprint density at radius 1 is 0.0965 bits per heavy atom. The van der Waals surface area contributed by atoms with Crippen LogP contribution in [0, 0.1) is 83.1 Å². The SMILES string of the molecule is Cc1ccc(N(c2ccc(C)cc2)c2cc(-c3cc(-c4cc(N(c5ccc(C)cc5)c5ccc(C)cc5)cc(N(c5ccc(C)cc5)c5ccc(C)cc5)c4)cc(-c4cc(N(c5ccc(C)cc5)c5ccc(C)cc5)cc(N(c5ccc(C)cc5)c5ccc(C)cc5)c4)c3)cc(N(c3ccc(C)cc3)c3ccc(C)cc3)c2)cc1. The van der Waals surface area contributed by atoms with E-state index in [-0.39, 0.29) is 0 Å². The van der Waals surface area contributed by atoms with Gasteiger partial charge in [0.2, 0.25) is 0 Å². The minimum absolute atomic E-state index is 0.997. The van der Waals surface area contributed by atoms with Crippen LogP contribution >= 0.6 is 0 Å². The third kappa shape index (κ3) is 16.4. The first-order chi connectivity index (χ1) is 55.3. The second-order valence-corrected chi connectivity index (χ2v) is 31.1. The molecule has 0 spiro atoms. The second-order valence-electron chi connectivity index (χ2n) is 31.1. The third-order valence-corrected chi connectivity index (χ3v) is 21.7. The summed E-state index contributed by atoms with van der Waals surface area (Å²) in [6.07, 6.45) is 0. The highest BCUT2D eigenvalue weighted by molar-refractivity contribution is 5.95. The van der Waals surface area contributed by atoms with Crippen LogP contribution in [0.2, 0.25) is 0 Å². The molecular formula is C108H96N6. The minimum Gasteiger partial charge on any atom is -0.310 e. The minimum atomic E-state index is 0.997. The molecule has 0 amide bonds. The van der Waals surface area contributed by atoms with Crippen molar-refractivity contribution in [1.29, 1.82) is 0 Å². The molecule has 0 heterocycles. The highest BCUT2D eigenvalue weighted by atomic mass is 15.2. The molecular weight excluding hydrogens is 1380 g/mol. The Balaban J connectivity index is 1.05. The van der Waals surface area contributed by atoms with E-state index in [2.05, 4.69) is 476 Å². The van der Waals surface area contributed by atoms with Gasteiger partial charge in [-0.1, -0.05) is 212 Å². The molecule has 0 aliphatic rings. The molecule has 6 nitrogen and oxygen atoms in total. The molecule has 0 atom stereocenters. The Kier molecular flexibility index (Phi) is 21.1. The van der Waals surface area contributed by atoms with Crippen LogP contribution in [-0.2, 0) is 0 Å². The molecule has 0 radical (unpaired) electrons. The quantitative estimate of drug-likeness (QED) is 0.0709. The largest absolute Gasteiger partial charge is 0.310 e. The maximum atomic E-state index is 2.45. The summed E-state index contributed by atoms with van der Waals surface area (Å²) in [6.45, 7) is 26.0. The van der Waals surface area contributed by atoms with Crippen molar-refractivity contribution in [3.05, 3.63) is 431 Å². The average molecular weight is 1480 g/mol. The molecule has 558 valence electrons. The summed E-state index contributed by atoms with van der Waals surface area (Å²) in [5.41, 5.74) is 38.9. The van der Waals surface area contributed by atoms with E-state index in [0.29, 0.717) is 0 Å². The van der Waals surface area contributed by atoms with Gasteiger partial charge in [0, 0.05) is 102 Å². The molecule has 6 heteroatoms. The van der Waals surface area contributed by atoms with E-state index in [1.54, 1.807) is 0 Å². The van der Waals surface area contributed by atoms with Gasteiger partial charge >= 0.3 is 0 Å². The Bertz CT molecular complexity index is 4810. The number of rotatable bonds is 21. The van der Waals surface area contributed by atoms with Crippen molar-refractivity contribution in [3.63, 3.8) is 0 Å². The molecule has 0 aromatic heterocycles. The molecule has 0 saturated carbocycles. The van der Waals surface area contributed by atoms with Gasteiger partial charge in [0.25, 0.3) is 0 Å². The van der Waals surface area contributed by atoms with E-state index >= 15 is 0 Å². The summed E-state index contributed by atoms with van der Waals surface area (Å²) in [4.78, 5) is 14.6. The summed E-state index contributed by atoms with van der Waals surface area (Å²) >= 11 is 0. The Morgan fingerprint density at radius 3 is 0.281 bits per heavy atom. The monoisotopic (exact) mass is 1480 g/mol. The van der Waals surface area contributed by atoms with Gasteiger partial charge < -0.3 is 29.4 Å². The van der Waals surface area contributed by atoms with E-state index < -0.39 is 0 Å². The van der Waals surface area contributed by atoms with Crippen molar-refractivity contribution >= 4 is 102 Å². The standard InChI is InChI=1S/C108H96N6/c1-73-13-37-91(38-14-73)109(92-39-15-74(2)16-40-92)103-64-88(65-104(70-103)110(93-41-17-75(3)18-42-93)94-43-19-76(4)20-44-94)85-61-86(89-66-105(111(95-45-21-77(5)22-46-95)96-47-23-78(6)24-48-96)71-106(67-89)112(97-49-25-79(7)26-50-97)98-51-27-80(8)28-52-98)63-87(62-85)90-68-107(113(99-53-29-81(9)30-54-99)100-55-31-82(10)32-56-100)72-108(69-90)114(101-57-33-83(11)34-58-101)102-59-35-84(12)36-60-102/h13-72H,1-12H3. The van der Waals surface area contributed by atoms with Crippen molar-refractivity contribution in [1.82, 2.24) is 0 Å². The lowest BCUT2D eigenvalue weighted by Crippen LogP contribution is -2.14. The maximum absolute atomic E-state index is 2.45. The molecule has 0 aliphatic carbocycles. The summed E-state index contributed by atoms with van der Waals surface area (Å²) in [5, 5.41) is 0. The number of hydrogen-bond donors (Lipinski definition) is 0. The van der Waals surface area contributed by atoms with Crippen molar-refractivity contribution in [3.8, 4) is 33.4 Å². The highest BCUT2D eigenvalue weighted by Crippen LogP contribution is 2.50. The van der Waals surface area contributed by atoms with Crippen LogP contribution in [0.25, 0.3) is 33.4 Å². The zero-order valence-corrected chi connectivity index (χ0v) is 67.3. The van der Waals surface area contributed by atoms with Crippen LogP contribution in [-0.4, -0.2) is 0 Å². The molecule has 0 aliphatic heterocycles. The second kappa shape index (κ2) is 32.3. The lowest BCUT2D eigenvalue weighted by Gasteiger charge is -2.31. The fourth-order valence-electron chi connectivity index (χ4n) is 15.2. The number of benzene rings is 16. The van der Waals surface area contributed by atoms with Gasteiger partial charge in [0.15, 0.2) is 0 Å². The molecule has 0 fully saturated rings. The average Bonchev–Trinajstić information content (AvgIpc) is 0.763.